The number of hydrogen-bond donors (Lipinski definition) is 1. The molecule has 20 heavy (non-hydrogen) atoms. The maximum atomic E-state index is 11.3. The van der Waals surface area contributed by atoms with Crippen molar-refractivity contribution in [3.8, 4) is 5.75 Å². The maximum Gasteiger partial charge on any atom is 0.292 e. The molecule has 0 radical (unpaired) electrons. The molecule has 6 heteroatoms. The number of nitrogens with zero attached hydrogens (tertiary/aromatic N) is 2. The smallest absolute Gasteiger partial charge is 0.292 e. The molecule has 1 aromatic carbocycles. The van der Waals surface area contributed by atoms with Crippen LogP contribution in [0.2, 0.25) is 0 Å². The van der Waals surface area contributed by atoms with Crippen LogP contribution >= 0.6 is 0 Å². The predicted molar refractivity (Wildman–Crippen MR) is 78.6 cm³/mol. The molecule has 0 aliphatic carbocycles. The molecule has 1 aliphatic heterocycles. The topological polar surface area (TPSA) is 67.6 Å². The van der Waals surface area contributed by atoms with Crippen molar-refractivity contribution < 1.29 is 9.66 Å². The van der Waals surface area contributed by atoms with E-state index in [4.69, 9.17) is 4.74 Å². The second-order valence-electron chi connectivity index (χ2n) is 4.95. The number of benzene rings is 1. The fourth-order valence-electron chi connectivity index (χ4n) is 2.66. The third kappa shape index (κ3) is 3.01. The van der Waals surface area contributed by atoms with Gasteiger partial charge < -0.3 is 15.0 Å². The van der Waals surface area contributed by atoms with E-state index in [1.807, 2.05) is 0 Å². The lowest BCUT2D eigenvalue weighted by molar-refractivity contribution is -0.384. The molecule has 110 valence electrons. The molecule has 1 N–H and O–H groups in total. The number of ether oxygens (including phenoxy) is 1. The molecule has 1 heterocycles. The van der Waals surface area contributed by atoms with Crippen LogP contribution in [-0.2, 0) is 0 Å². The highest BCUT2D eigenvalue weighted by atomic mass is 16.6. The summed E-state index contributed by atoms with van der Waals surface area (Å²) in [5.74, 6) is 0.651. The zero-order chi connectivity index (χ0) is 14.5. The minimum Gasteiger partial charge on any atom is -0.497 e. The fraction of sp³-hybridized carbons (Fsp3) is 0.571. The summed E-state index contributed by atoms with van der Waals surface area (Å²) in [7, 11) is 1.58. The van der Waals surface area contributed by atoms with Crippen LogP contribution in [0.15, 0.2) is 18.2 Å². The Balaban J connectivity index is 2.41. The Morgan fingerprint density at radius 1 is 1.55 bits per heavy atom. The Hall–Kier alpha value is -1.82. The predicted octanol–water partition coefficient (Wildman–Crippen LogP) is 2.18. The van der Waals surface area contributed by atoms with Crippen LogP contribution in [0.4, 0.5) is 11.4 Å². The van der Waals surface area contributed by atoms with Gasteiger partial charge in [-0.05, 0) is 25.5 Å². The molecule has 0 spiro atoms. The molecule has 0 bridgehead atoms. The van der Waals surface area contributed by atoms with Crippen LogP contribution in [0, 0.1) is 10.1 Å². The molecule has 2 rings (SSSR count). The quantitative estimate of drug-likeness (QED) is 0.638. The van der Waals surface area contributed by atoms with Gasteiger partial charge in [0.2, 0.25) is 0 Å². The molecule has 1 fully saturated rings. The lowest BCUT2D eigenvalue weighted by Gasteiger charge is -2.30. The monoisotopic (exact) mass is 279 g/mol. The summed E-state index contributed by atoms with van der Waals surface area (Å²) >= 11 is 0. The first kappa shape index (κ1) is 14.6. The first-order valence-corrected chi connectivity index (χ1v) is 6.97. The van der Waals surface area contributed by atoms with Crippen LogP contribution in [0.3, 0.4) is 0 Å². The molecule has 1 atom stereocenters. The van der Waals surface area contributed by atoms with E-state index >= 15 is 0 Å². The normalized spacial score (nSPS) is 18.0. The van der Waals surface area contributed by atoms with Gasteiger partial charge in [-0.3, -0.25) is 10.1 Å². The Labute approximate surface area is 118 Å². The number of rotatable bonds is 6. The third-order valence-corrected chi connectivity index (χ3v) is 3.63. The van der Waals surface area contributed by atoms with Crippen molar-refractivity contribution in [3.05, 3.63) is 28.3 Å². The Morgan fingerprint density at radius 2 is 2.35 bits per heavy atom. The third-order valence-electron chi connectivity index (χ3n) is 3.63. The van der Waals surface area contributed by atoms with E-state index < -0.39 is 0 Å². The standard InChI is InChI=1S/C14H21N3O3/c1-3-8-16(11-6-7-15-10-11)14-9-12(20-2)4-5-13(14)17(18)19/h4-5,9,11,15H,3,6-8,10H2,1-2H3. The zero-order valence-corrected chi connectivity index (χ0v) is 12.0. The first-order chi connectivity index (χ1) is 9.67. The summed E-state index contributed by atoms with van der Waals surface area (Å²) in [6.07, 6.45) is 1.96. The van der Waals surface area contributed by atoms with Crippen molar-refractivity contribution in [1.29, 1.82) is 0 Å². The van der Waals surface area contributed by atoms with Crippen molar-refractivity contribution in [2.24, 2.45) is 0 Å². The van der Waals surface area contributed by atoms with E-state index in [1.165, 1.54) is 6.07 Å². The molecule has 1 aromatic rings. The molecular formula is C14H21N3O3. The van der Waals surface area contributed by atoms with Gasteiger partial charge in [0.1, 0.15) is 11.4 Å². The van der Waals surface area contributed by atoms with Crippen molar-refractivity contribution in [2.45, 2.75) is 25.8 Å². The summed E-state index contributed by atoms with van der Waals surface area (Å²) in [5, 5.41) is 14.6. The average molecular weight is 279 g/mol. The van der Waals surface area contributed by atoms with Crippen molar-refractivity contribution in [2.75, 3.05) is 31.6 Å². The molecular weight excluding hydrogens is 258 g/mol. The van der Waals surface area contributed by atoms with E-state index in [0.717, 1.165) is 32.5 Å². The molecule has 0 saturated carbocycles. The lowest BCUT2D eigenvalue weighted by Crippen LogP contribution is -2.37. The largest absolute Gasteiger partial charge is 0.497 e. The van der Waals surface area contributed by atoms with Crippen LogP contribution in [0.25, 0.3) is 0 Å². The summed E-state index contributed by atoms with van der Waals surface area (Å²) in [6.45, 7) is 4.72. The van der Waals surface area contributed by atoms with Crippen molar-refractivity contribution in [1.82, 2.24) is 5.32 Å². The van der Waals surface area contributed by atoms with Gasteiger partial charge in [0, 0.05) is 31.3 Å². The van der Waals surface area contributed by atoms with Crippen molar-refractivity contribution in [3.63, 3.8) is 0 Å². The molecule has 1 saturated heterocycles. The van der Waals surface area contributed by atoms with Gasteiger partial charge in [-0.2, -0.15) is 0 Å². The zero-order valence-electron chi connectivity index (χ0n) is 12.0. The van der Waals surface area contributed by atoms with Crippen molar-refractivity contribution >= 4 is 11.4 Å². The van der Waals surface area contributed by atoms with Crippen LogP contribution < -0.4 is 15.0 Å². The molecule has 1 aliphatic rings. The second-order valence-corrected chi connectivity index (χ2v) is 4.95. The number of methoxy groups -OCH3 is 1. The van der Waals surface area contributed by atoms with Gasteiger partial charge in [-0.15, -0.1) is 0 Å². The Bertz CT molecular complexity index is 473. The highest BCUT2D eigenvalue weighted by Gasteiger charge is 2.27. The summed E-state index contributed by atoms with van der Waals surface area (Å²) in [5.41, 5.74) is 0.802. The average Bonchev–Trinajstić information content (AvgIpc) is 2.97. The molecule has 6 nitrogen and oxygen atoms in total. The van der Waals surface area contributed by atoms with Crippen LogP contribution in [0.5, 0.6) is 5.75 Å². The molecule has 1 unspecified atom stereocenters. The highest BCUT2D eigenvalue weighted by molar-refractivity contribution is 5.66. The molecule has 0 aromatic heterocycles. The van der Waals surface area contributed by atoms with Crippen LogP contribution in [0.1, 0.15) is 19.8 Å². The number of hydrogen-bond acceptors (Lipinski definition) is 5. The number of nitro benzene ring substituents is 1. The Kier molecular flexibility index (Phi) is 4.79. The van der Waals surface area contributed by atoms with Gasteiger partial charge in [0.25, 0.3) is 5.69 Å². The van der Waals surface area contributed by atoms with Gasteiger partial charge >= 0.3 is 0 Å². The number of anilines is 1. The first-order valence-electron chi connectivity index (χ1n) is 6.97. The summed E-state index contributed by atoms with van der Waals surface area (Å²) < 4.78 is 5.22. The van der Waals surface area contributed by atoms with Gasteiger partial charge in [0.05, 0.1) is 12.0 Å². The summed E-state index contributed by atoms with van der Waals surface area (Å²) in [6, 6.07) is 5.24. The summed E-state index contributed by atoms with van der Waals surface area (Å²) in [4.78, 5) is 13.1. The van der Waals surface area contributed by atoms with Gasteiger partial charge in [-0.25, -0.2) is 0 Å². The second kappa shape index (κ2) is 6.56. The van der Waals surface area contributed by atoms with E-state index in [1.54, 1.807) is 19.2 Å². The van der Waals surface area contributed by atoms with Gasteiger partial charge in [-0.1, -0.05) is 6.92 Å². The maximum absolute atomic E-state index is 11.3. The lowest BCUT2D eigenvalue weighted by atomic mass is 10.1. The van der Waals surface area contributed by atoms with E-state index in [2.05, 4.69) is 17.1 Å². The highest BCUT2D eigenvalue weighted by Crippen LogP contribution is 2.34. The fourth-order valence-corrected chi connectivity index (χ4v) is 2.66. The minimum atomic E-state index is -0.320. The minimum absolute atomic E-state index is 0.145. The van der Waals surface area contributed by atoms with E-state index in [9.17, 15) is 10.1 Å². The molecule has 0 amide bonds. The van der Waals surface area contributed by atoms with Gasteiger partial charge in [0.15, 0.2) is 0 Å². The number of nitrogens with one attached hydrogen (secondary N) is 1. The number of nitro groups is 1. The van der Waals surface area contributed by atoms with E-state index in [-0.39, 0.29) is 10.6 Å². The van der Waals surface area contributed by atoms with E-state index in [0.29, 0.717) is 17.5 Å². The van der Waals surface area contributed by atoms with Crippen LogP contribution in [-0.4, -0.2) is 37.7 Å². The Morgan fingerprint density at radius 3 is 2.90 bits per heavy atom. The SMILES string of the molecule is CCCN(c1cc(OC)ccc1[N+](=O)[O-])C1CCNC1.